The highest BCUT2D eigenvalue weighted by Gasteiger charge is 2.18. The first kappa shape index (κ1) is 16.3. The van der Waals surface area contributed by atoms with Crippen molar-refractivity contribution in [3.63, 3.8) is 0 Å². The Morgan fingerprint density at radius 1 is 1.05 bits per heavy atom. The maximum Gasteiger partial charge on any atom is 0.169 e. The Balaban J connectivity index is 2.04. The van der Waals surface area contributed by atoms with E-state index in [1.165, 1.54) is 5.56 Å². The summed E-state index contributed by atoms with van der Waals surface area (Å²) in [6.07, 6.45) is 0. The van der Waals surface area contributed by atoms with Crippen LogP contribution < -0.4 is 5.32 Å². The van der Waals surface area contributed by atoms with Gasteiger partial charge in [0.05, 0.1) is 12.1 Å². The van der Waals surface area contributed by atoms with Crippen LogP contribution in [-0.2, 0) is 0 Å². The van der Waals surface area contributed by atoms with E-state index in [0.717, 1.165) is 5.56 Å². The predicted octanol–water partition coefficient (Wildman–Crippen LogP) is 4.02. The number of phenolic OH excluding ortho intramolecular Hbond substituents is 1. The van der Waals surface area contributed by atoms with Gasteiger partial charge in [-0.1, -0.05) is 48.5 Å². The first-order chi connectivity index (χ1) is 10.5. The fourth-order valence-electron chi connectivity index (χ4n) is 2.34. The van der Waals surface area contributed by atoms with Crippen LogP contribution in [0.25, 0.3) is 0 Å². The Bertz CT molecular complexity index is 630. The van der Waals surface area contributed by atoms with Gasteiger partial charge < -0.3 is 15.3 Å². The van der Waals surface area contributed by atoms with Gasteiger partial charge in [-0.05, 0) is 37.7 Å². The molecular weight excluding hydrogens is 292 g/mol. The molecule has 2 rings (SSSR count). The Labute approximate surface area is 137 Å². The standard InChI is InChI=1S/C18H22N2OS/c1-13(15-9-5-4-6-10-15)19-18(22)20(3)14(2)16-11-7-8-12-17(16)21/h4-14,21H,1-3H3,(H,19,22)/t13-,14-/m1/s1. The van der Waals surface area contributed by atoms with E-state index in [9.17, 15) is 5.11 Å². The molecule has 0 bridgehead atoms. The molecule has 0 saturated carbocycles. The second-order valence-corrected chi connectivity index (χ2v) is 5.81. The van der Waals surface area contributed by atoms with Gasteiger partial charge in [0.25, 0.3) is 0 Å². The summed E-state index contributed by atoms with van der Waals surface area (Å²) < 4.78 is 0. The van der Waals surface area contributed by atoms with Crippen LogP contribution in [0.1, 0.15) is 37.1 Å². The van der Waals surface area contributed by atoms with Crippen LogP contribution in [0.5, 0.6) is 5.75 Å². The van der Waals surface area contributed by atoms with Gasteiger partial charge >= 0.3 is 0 Å². The predicted molar refractivity (Wildman–Crippen MR) is 94.9 cm³/mol. The number of hydrogen-bond acceptors (Lipinski definition) is 2. The van der Waals surface area contributed by atoms with Crippen molar-refractivity contribution in [3.8, 4) is 5.75 Å². The van der Waals surface area contributed by atoms with Crippen molar-refractivity contribution in [2.24, 2.45) is 0 Å². The lowest BCUT2D eigenvalue weighted by Gasteiger charge is -2.30. The Morgan fingerprint density at radius 3 is 2.27 bits per heavy atom. The first-order valence-electron chi connectivity index (χ1n) is 7.37. The summed E-state index contributed by atoms with van der Waals surface area (Å²) in [5, 5.41) is 14.0. The van der Waals surface area contributed by atoms with Crippen molar-refractivity contribution >= 4 is 17.3 Å². The maximum atomic E-state index is 9.98. The van der Waals surface area contributed by atoms with Crippen LogP contribution in [-0.4, -0.2) is 22.2 Å². The van der Waals surface area contributed by atoms with E-state index in [1.807, 2.05) is 55.3 Å². The lowest BCUT2D eigenvalue weighted by atomic mass is 10.1. The zero-order valence-corrected chi connectivity index (χ0v) is 14.0. The molecule has 0 fully saturated rings. The summed E-state index contributed by atoms with van der Waals surface area (Å²) in [4.78, 5) is 1.96. The maximum absolute atomic E-state index is 9.98. The molecular formula is C18H22N2OS. The third kappa shape index (κ3) is 3.77. The van der Waals surface area contributed by atoms with Crippen molar-refractivity contribution in [3.05, 3.63) is 65.7 Å². The third-order valence-electron chi connectivity index (χ3n) is 3.93. The molecule has 2 N–H and O–H groups in total. The highest BCUT2D eigenvalue weighted by atomic mass is 32.1. The molecule has 0 aliphatic heterocycles. The number of hydrogen-bond donors (Lipinski definition) is 2. The van der Waals surface area contributed by atoms with E-state index in [1.54, 1.807) is 6.07 Å². The topological polar surface area (TPSA) is 35.5 Å². The van der Waals surface area contributed by atoms with Gasteiger partial charge in [-0.15, -0.1) is 0 Å². The molecule has 0 heterocycles. The minimum Gasteiger partial charge on any atom is -0.508 e. The summed E-state index contributed by atoms with van der Waals surface area (Å²) in [6, 6.07) is 17.7. The fraction of sp³-hybridized carbons (Fsp3) is 0.278. The normalized spacial score (nSPS) is 13.2. The molecule has 2 atom stereocenters. The first-order valence-corrected chi connectivity index (χ1v) is 7.77. The smallest absolute Gasteiger partial charge is 0.169 e. The van der Waals surface area contributed by atoms with Gasteiger partial charge in [-0.3, -0.25) is 0 Å². The molecule has 0 aliphatic rings. The number of rotatable bonds is 4. The highest BCUT2D eigenvalue weighted by Crippen LogP contribution is 2.27. The number of aromatic hydroxyl groups is 1. The molecule has 0 spiro atoms. The van der Waals surface area contributed by atoms with Crippen LogP contribution in [0, 0.1) is 0 Å². The largest absolute Gasteiger partial charge is 0.508 e. The Morgan fingerprint density at radius 2 is 1.64 bits per heavy atom. The average Bonchev–Trinajstić information content (AvgIpc) is 2.54. The van der Waals surface area contributed by atoms with E-state index in [0.29, 0.717) is 10.9 Å². The monoisotopic (exact) mass is 314 g/mol. The molecule has 2 aromatic rings. The fourth-order valence-corrected chi connectivity index (χ4v) is 2.67. The second kappa shape index (κ2) is 7.27. The van der Waals surface area contributed by atoms with Gasteiger partial charge in [0, 0.05) is 12.6 Å². The second-order valence-electron chi connectivity index (χ2n) is 5.43. The number of thiocarbonyl (C=S) groups is 1. The average molecular weight is 314 g/mol. The SMILES string of the molecule is C[C@H](c1ccccc1O)N(C)C(=S)N[C@H](C)c1ccccc1. The van der Waals surface area contributed by atoms with E-state index in [4.69, 9.17) is 12.2 Å². The molecule has 0 amide bonds. The summed E-state index contributed by atoms with van der Waals surface area (Å²) >= 11 is 5.51. The quantitative estimate of drug-likeness (QED) is 0.836. The van der Waals surface area contributed by atoms with Crippen molar-refractivity contribution in [2.45, 2.75) is 25.9 Å². The summed E-state index contributed by atoms with van der Waals surface area (Å²) in [6.45, 7) is 4.11. The zero-order chi connectivity index (χ0) is 16.1. The van der Waals surface area contributed by atoms with Gasteiger partial charge in [0.2, 0.25) is 0 Å². The molecule has 4 heteroatoms. The lowest BCUT2D eigenvalue weighted by molar-refractivity contribution is 0.372. The van der Waals surface area contributed by atoms with Crippen molar-refractivity contribution in [2.75, 3.05) is 7.05 Å². The molecule has 0 aliphatic carbocycles. The molecule has 0 unspecified atom stereocenters. The van der Waals surface area contributed by atoms with Gasteiger partial charge in [0.1, 0.15) is 5.75 Å². The number of phenols is 1. The van der Waals surface area contributed by atoms with E-state index in [2.05, 4.69) is 24.4 Å². The minimum atomic E-state index is -0.0100. The lowest BCUT2D eigenvalue weighted by Crippen LogP contribution is -2.39. The molecule has 0 radical (unpaired) electrons. The number of para-hydroxylation sites is 1. The minimum absolute atomic E-state index is 0.0100. The van der Waals surface area contributed by atoms with E-state index < -0.39 is 0 Å². The molecule has 22 heavy (non-hydrogen) atoms. The van der Waals surface area contributed by atoms with Crippen molar-refractivity contribution in [1.29, 1.82) is 0 Å². The third-order valence-corrected chi connectivity index (χ3v) is 4.33. The van der Waals surface area contributed by atoms with Crippen LogP contribution in [0.15, 0.2) is 54.6 Å². The van der Waals surface area contributed by atoms with Crippen LogP contribution in [0.2, 0.25) is 0 Å². The molecule has 0 saturated heterocycles. The number of benzene rings is 2. The Kier molecular flexibility index (Phi) is 5.39. The van der Waals surface area contributed by atoms with Crippen LogP contribution in [0.3, 0.4) is 0 Å². The van der Waals surface area contributed by atoms with E-state index in [-0.39, 0.29) is 12.1 Å². The number of nitrogens with zero attached hydrogens (tertiary/aromatic N) is 1. The summed E-state index contributed by atoms with van der Waals surface area (Å²) in [5.74, 6) is 0.292. The Hall–Kier alpha value is -2.07. The van der Waals surface area contributed by atoms with Gasteiger partial charge in [0.15, 0.2) is 5.11 Å². The van der Waals surface area contributed by atoms with Crippen molar-refractivity contribution in [1.82, 2.24) is 10.2 Å². The molecule has 0 aromatic heterocycles. The van der Waals surface area contributed by atoms with Gasteiger partial charge in [-0.2, -0.15) is 0 Å². The van der Waals surface area contributed by atoms with Crippen LogP contribution >= 0.6 is 12.2 Å². The molecule has 116 valence electrons. The summed E-state index contributed by atoms with van der Waals surface area (Å²) in [7, 11) is 1.93. The van der Waals surface area contributed by atoms with Crippen molar-refractivity contribution < 1.29 is 5.11 Å². The molecule has 2 aromatic carbocycles. The van der Waals surface area contributed by atoms with Gasteiger partial charge in [-0.25, -0.2) is 0 Å². The number of nitrogens with one attached hydrogen (secondary N) is 1. The zero-order valence-electron chi connectivity index (χ0n) is 13.2. The highest BCUT2D eigenvalue weighted by molar-refractivity contribution is 7.80. The summed E-state index contributed by atoms with van der Waals surface area (Å²) in [5.41, 5.74) is 2.05. The molecule has 3 nitrogen and oxygen atoms in total. The van der Waals surface area contributed by atoms with E-state index >= 15 is 0 Å². The van der Waals surface area contributed by atoms with Crippen LogP contribution in [0.4, 0.5) is 0 Å².